The molecule has 156 valence electrons. The largest absolute Gasteiger partial charge is 0.299 e. The van der Waals surface area contributed by atoms with Gasteiger partial charge in [0, 0.05) is 12.1 Å². The monoisotopic (exact) mass is 403 g/mol. The first-order chi connectivity index (χ1) is 14.5. The van der Waals surface area contributed by atoms with Gasteiger partial charge in [-0.25, -0.2) is 4.39 Å². The van der Waals surface area contributed by atoms with Gasteiger partial charge in [0.1, 0.15) is 5.82 Å². The van der Waals surface area contributed by atoms with Crippen LogP contribution in [-0.2, 0) is 5.41 Å². The van der Waals surface area contributed by atoms with Gasteiger partial charge in [-0.3, -0.25) is 9.69 Å². The number of benzene rings is 2. The van der Waals surface area contributed by atoms with Gasteiger partial charge in [0.05, 0.1) is 5.41 Å². The summed E-state index contributed by atoms with van der Waals surface area (Å²) in [5, 5.41) is 0. The van der Waals surface area contributed by atoms with Crippen LogP contribution in [0.5, 0.6) is 0 Å². The maximum Gasteiger partial charge on any atom is 0.173 e. The average Bonchev–Trinajstić information content (AvgIpc) is 2.77. The van der Waals surface area contributed by atoms with Crippen LogP contribution in [0.15, 0.2) is 72.3 Å². The predicted octanol–water partition coefficient (Wildman–Crippen LogP) is 5.87. The van der Waals surface area contributed by atoms with E-state index in [0.29, 0.717) is 5.92 Å². The minimum absolute atomic E-state index is 0.152. The minimum Gasteiger partial charge on any atom is -0.299 e. The minimum atomic E-state index is -0.593. The molecular formula is C27H30FNO. The van der Waals surface area contributed by atoms with Crippen LogP contribution >= 0.6 is 0 Å². The summed E-state index contributed by atoms with van der Waals surface area (Å²) in [6.45, 7) is 6.91. The molecule has 0 N–H and O–H groups in total. The van der Waals surface area contributed by atoms with Crippen molar-refractivity contribution < 1.29 is 9.18 Å². The van der Waals surface area contributed by atoms with Crippen molar-refractivity contribution in [1.29, 1.82) is 0 Å². The third-order valence-corrected chi connectivity index (χ3v) is 6.65. The first-order valence-corrected chi connectivity index (χ1v) is 10.9. The summed E-state index contributed by atoms with van der Waals surface area (Å²) in [4.78, 5) is 16.2. The predicted molar refractivity (Wildman–Crippen MR) is 120 cm³/mol. The van der Waals surface area contributed by atoms with Crippen molar-refractivity contribution >= 4 is 5.78 Å². The first-order valence-electron chi connectivity index (χ1n) is 10.9. The number of Topliss-reactive ketones (excluding diaryl/α,β-unsaturated/α-hetero) is 1. The summed E-state index contributed by atoms with van der Waals surface area (Å²) in [7, 11) is 0. The summed E-state index contributed by atoms with van der Waals surface area (Å²) in [6.07, 6.45) is 9.46. The lowest BCUT2D eigenvalue weighted by Crippen LogP contribution is -2.47. The molecule has 4 rings (SSSR count). The molecule has 1 unspecified atom stereocenters. The lowest BCUT2D eigenvalue weighted by molar-refractivity contribution is 0.0780. The number of rotatable bonds is 5. The average molecular weight is 404 g/mol. The van der Waals surface area contributed by atoms with E-state index < -0.39 is 5.41 Å². The molecule has 1 atom stereocenters. The second kappa shape index (κ2) is 8.69. The van der Waals surface area contributed by atoms with Crippen LogP contribution in [-0.4, -0.2) is 30.3 Å². The Hall–Kier alpha value is -2.52. The Labute approximate surface area is 179 Å². The molecule has 1 aliphatic heterocycles. The van der Waals surface area contributed by atoms with Crippen LogP contribution in [0.4, 0.5) is 4.39 Å². The molecule has 1 heterocycles. The molecule has 2 nitrogen and oxygen atoms in total. The van der Waals surface area contributed by atoms with Gasteiger partial charge in [-0.1, -0.05) is 67.1 Å². The fraction of sp³-hybridized carbons (Fsp3) is 0.370. The van der Waals surface area contributed by atoms with E-state index >= 15 is 0 Å². The molecular weight excluding hydrogens is 373 g/mol. The molecule has 2 aliphatic rings. The van der Waals surface area contributed by atoms with Crippen LogP contribution < -0.4 is 0 Å². The van der Waals surface area contributed by atoms with Crippen molar-refractivity contribution in [2.75, 3.05) is 19.6 Å². The van der Waals surface area contributed by atoms with Crippen molar-refractivity contribution in [1.82, 2.24) is 4.90 Å². The van der Waals surface area contributed by atoms with Gasteiger partial charge in [-0.2, -0.15) is 0 Å². The highest BCUT2D eigenvalue weighted by atomic mass is 19.1. The SMILES string of the molecule is Cc1ccc(C(=O)C2(c3ccc(F)cc3)CCN(CC3=CCC(C)C=C3)CC2)cc1. The van der Waals surface area contributed by atoms with Crippen LogP contribution in [0.25, 0.3) is 0 Å². The highest BCUT2D eigenvalue weighted by molar-refractivity contribution is 6.04. The third kappa shape index (κ3) is 4.32. The van der Waals surface area contributed by atoms with E-state index in [1.807, 2.05) is 31.2 Å². The number of halogens is 1. The molecule has 3 heteroatoms. The molecule has 0 radical (unpaired) electrons. The summed E-state index contributed by atoms with van der Waals surface area (Å²) < 4.78 is 13.6. The molecule has 0 saturated carbocycles. The zero-order valence-electron chi connectivity index (χ0n) is 17.9. The van der Waals surface area contributed by atoms with E-state index in [9.17, 15) is 9.18 Å². The van der Waals surface area contributed by atoms with Gasteiger partial charge >= 0.3 is 0 Å². The number of carbonyl (C=O) groups excluding carboxylic acids is 1. The lowest BCUT2D eigenvalue weighted by atomic mass is 9.68. The zero-order valence-corrected chi connectivity index (χ0v) is 17.9. The summed E-state index contributed by atoms with van der Waals surface area (Å²) in [6, 6.07) is 14.4. The summed E-state index contributed by atoms with van der Waals surface area (Å²) >= 11 is 0. The summed E-state index contributed by atoms with van der Waals surface area (Å²) in [5.74, 6) is 0.507. The van der Waals surface area contributed by atoms with Gasteiger partial charge in [0.15, 0.2) is 5.78 Å². The summed E-state index contributed by atoms with van der Waals surface area (Å²) in [5.41, 5.74) is 3.59. The van der Waals surface area contributed by atoms with E-state index in [1.165, 1.54) is 17.7 Å². The fourth-order valence-corrected chi connectivity index (χ4v) is 4.64. The molecule has 0 aromatic heterocycles. The Balaban J connectivity index is 1.57. The van der Waals surface area contributed by atoms with Crippen LogP contribution in [0.2, 0.25) is 0 Å². The number of aryl methyl sites for hydroxylation is 1. The Morgan fingerprint density at radius 1 is 1.07 bits per heavy atom. The number of carbonyl (C=O) groups is 1. The number of ketones is 1. The molecule has 0 bridgehead atoms. The Morgan fingerprint density at radius 3 is 2.33 bits per heavy atom. The fourth-order valence-electron chi connectivity index (χ4n) is 4.64. The Bertz CT molecular complexity index is 947. The van der Waals surface area contributed by atoms with Crippen molar-refractivity contribution in [3.63, 3.8) is 0 Å². The van der Waals surface area contributed by atoms with Crippen molar-refractivity contribution in [3.05, 3.63) is 94.8 Å². The van der Waals surface area contributed by atoms with Crippen LogP contribution in [0, 0.1) is 18.7 Å². The molecule has 1 saturated heterocycles. The molecule has 0 spiro atoms. The van der Waals surface area contributed by atoms with Crippen LogP contribution in [0.1, 0.15) is 47.7 Å². The van der Waals surface area contributed by atoms with Crippen molar-refractivity contribution in [2.24, 2.45) is 5.92 Å². The number of nitrogens with zero attached hydrogens (tertiary/aromatic N) is 1. The maximum absolute atomic E-state index is 13.7. The second-order valence-electron chi connectivity index (χ2n) is 8.91. The molecule has 0 amide bonds. The quantitative estimate of drug-likeness (QED) is 0.582. The molecule has 1 fully saturated rings. The number of piperidine rings is 1. The highest BCUT2D eigenvalue weighted by Gasteiger charge is 2.43. The van der Waals surface area contributed by atoms with E-state index in [-0.39, 0.29) is 11.6 Å². The molecule has 1 aliphatic carbocycles. The van der Waals surface area contributed by atoms with Crippen LogP contribution in [0.3, 0.4) is 0 Å². The number of allylic oxidation sites excluding steroid dienone is 2. The smallest absolute Gasteiger partial charge is 0.173 e. The molecule has 2 aromatic carbocycles. The van der Waals surface area contributed by atoms with Crippen molar-refractivity contribution in [3.8, 4) is 0 Å². The normalized spacial score (nSPS) is 21.3. The number of hydrogen-bond acceptors (Lipinski definition) is 2. The first kappa shape index (κ1) is 20.7. The standard InChI is InChI=1S/C27H30FNO/c1-20-3-7-22(8-4-20)19-29-17-15-27(16-18-29,24-11-13-25(28)14-12-24)26(30)23-9-5-21(2)6-10-23/h3,5-14,20H,4,15-19H2,1-2H3. The van der Waals surface area contributed by atoms with Gasteiger partial charge in [-0.05, 0) is 68.5 Å². The molecule has 30 heavy (non-hydrogen) atoms. The number of hydrogen-bond donors (Lipinski definition) is 0. The van der Waals surface area contributed by atoms with E-state index in [0.717, 1.165) is 55.6 Å². The topological polar surface area (TPSA) is 20.3 Å². The molecule has 2 aromatic rings. The lowest BCUT2D eigenvalue weighted by Gasteiger charge is -2.41. The highest BCUT2D eigenvalue weighted by Crippen LogP contribution is 2.39. The maximum atomic E-state index is 13.7. The van der Waals surface area contributed by atoms with Gasteiger partial charge in [0.25, 0.3) is 0 Å². The Morgan fingerprint density at radius 2 is 1.73 bits per heavy atom. The Kier molecular flexibility index (Phi) is 6.01. The second-order valence-corrected chi connectivity index (χ2v) is 8.91. The number of likely N-dealkylation sites (tertiary alicyclic amines) is 1. The van der Waals surface area contributed by atoms with Crippen molar-refractivity contribution in [2.45, 2.75) is 38.5 Å². The third-order valence-electron chi connectivity index (χ3n) is 6.65. The van der Waals surface area contributed by atoms with E-state index in [2.05, 4.69) is 30.1 Å². The zero-order chi connectivity index (χ0) is 21.1. The van der Waals surface area contributed by atoms with Gasteiger partial charge < -0.3 is 0 Å². The van der Waals surface area contributed by atoms with E-state index in [1.54, 1.807) is 12.1 Å². The van der Waals surface area contributed by atoms with Gasteiger partial charge in [-0.15, -0.1) is 0 Å². The van der Waals surface area contributed by atoms with E-state index in [4.69, 9.17) is 0 Å². The van der Waals surface area contributed by atoms with Gasteiger partial charge in [0.2, 0.25) is 0 Å².